The molecular weight excluding hydrogens is 304 g/mol. The van der Waals surface area contributed by atoms with Crippen molar-refractivity contribution in [3.05, 3.63) is 46.2 Å². The van der Waals surface area contributed by atoms with Crippen LogP contribution in [0.15, 0.2) is 35.1 Å². The van der Waals surface area contributed by atoms with Gasteiger partial charge in [-0.2, -0.15) is 0 Å². The molecule has 1 aromatic carbocycles. The average Bonchev–Trinajstić information content (AvgIpc) is 2.81. The Morgan fingerprint density at radius 3 is 2.73 bits per heavy atom. The van der Waals surface area contributed by atoms with Crippen LogP contribution in [0.25, 0.3) is 10.9 Å². The SMILES string of the molecule is Cn1c(=O)cc(C(=O)N[C@H]2CCS(=O)(=O)C2)c2ccccc21. The zero-order valence-corrected chi connectivity index (χ0v) is 12.9. The number of carbonyl (C=O) groups excluding carboxylic acids is 1. The van der Waals surface area contributed by atoms with E-state index in [0.29, 0.717) is 17.3 Å². The maximum atomic E-state index is 12.4. The summed E-state index contributed by atoms with van der Waals surface area (Å²) in [5, 5.41) is 3.39. The van der Waals surface area contributed by atoms with Gasteiger partial charge < -0.3 is 9.88 Å². The van der Waals surface area contributed by atoms with Crippen molar-refractivity contribution in [3.8, 4) is 0 Å². The van der Waals surface area contributed by atoms with Crippen molar-refractivity contribution in [1.82, 2.24) is 9.88 Å². The fourth-order valence-electron chi connectivity index (χ4n) is 2.77. The molecule has 0 radical (unpaired) electrons. The Bertz CT molecular complexity index is 915. The first kappa shape index (κ1) is 14.8. The van der Waals surface area contributed by atoms with Crippen molar-refractivity contribution in [2.75, 3.05) is 11.5 Å². The molecule has 1 aliphatic heterocycles. The van der Waals surface area contributed by atoms with Crippen LogP contribution in [0.4, 0.5) is 0 Å². The van der Waals surface area contributed by atoms with Gasteiger partial charge in [-0.05, 0) is 12.5 Å². The fraction of sp³-hybridized carbons (Fsp3) is 0.333. The fourth-order valence-corrected chi connectivity index (χ4v) is 4.44. The standard InChI is InChI=1S/C15H16N2O4S/c1-17-13-5-3-2-4-11(13)12(8-14(17)18)15(19)16-10-6-7-22(20,21)9-10/h2-5,8,10H,6-7,9H2,1H3,(H,16,19)/t10-/m0/s1. The van der Waals surface area contributed by atoms with E-state index >= 15 is 0 Å². The number of pyridine rings is 1. The molecule has 0 saturated carbocycles. The highest BCUT2D eigenvalue weighted by atomic mass is 32.2. The van der Waals surface area contributed by atoms with Crippen LogP contribution in [0.3, 0.4) is 0 Å². The summed E-state index contributed by atoms with van der Waals surface area (Å²) in [4.78, 5) is 24.4. The van der Waals surface area contributed by atoms with E-state index in [0.717, 1.165) is 0 Å². The zero-order valence-electron chi connectivity index (χ0n) is 12.1. The first-order valence-electron chi connectivity index (χ1n) is 6.97. The summed E-state index contributed by atoms with van der Waals surface area (Å²) in [6, 6.07) is 8.04. The number of para-hydroxylation sites is 1. The molecule has 2 aromatic rings. The van der Waals surface area contributed by atoms with Gasteiger partial charge in [0.1, 0.15) is 0 Å². The van der Waals surface area contributed by atoms with Crippen LogP contribution in [-0.4, -0.2) is 36.4 Å². The molecule has 1 fully saturated rings. The number of hydrogen-bond donors (Lipinski definition) is 1. The van der Waals surface area contributed by atoms with Crippen LogP contribution in [-0.2, 0) is 16.9 Å². The number of fused-ring (bicyclic) bond motifs is 1. The van der Waals surface area contributed by atoms with Crippen LogP contribution in [0.2, 0.25) is 0 Å². The predicted octanol–water partition coefficient (Wildman–Crippen LogP) is 0.455. The lowest BCUT2D eigenvalue weighted by Crippen LogP contribution is -2.36. The Hall–Kier alpha value is -2.15. The molecule has 1 N–H and O–H groups in total. The number of nitrogens with one attached hydrogen (secondary N) is 1. The topological polar surface area (TPSA) is 85.2 Å². The Morgan fingerprint density at radius 2 is 2.05 bits per heavy atom. The predicted molar refractivity (Wildman–Crippen MR) is 83.7 cm³/mol. The number of rotatable bonds is 2. The third-order valence-electron chi connectivity index (χ3n) is 3.97. The summed E-state index contributed by atoms with van der Waals surface area (Å²) in [7, 11) is -1.41. The molecule has 7 heteroatoms. The minimum Gasteiger partial charge on any atom is -0.348 e. The van der Waals surface area contributed by atoms with Gasteiger partial charge >= 0.3 is 0 Å². The van der Waals surface area contributed by atoms with Gasteiger partial charge in [0, 0.05) is 24.5 Å². The molecule has 0 bridgehead atoms. The molecule has 1 saturated heterocycles. The molecule has 2 heterocycles. The second-order valence-electron chi connectivity index (χ2n) is 5.55. The van der Waals surface area contributed by atoms with Crippen molar-refractivity contribution in [3.63, 3.8) is 0 Å². The van der Waals surface area contributed by atoms with Crippen LogP contribution in [0, 0.1) is 0 Å². The molecule has 0 spiro atoms. The van der Waals surface area contributed by atoms with Crippen LogP contribution in [0.1, 0.15) is 16.8 Å². The van der Waals surface area contributed by atoms with Gasteiger partial charge in [-0.3, -0.25) is 9.59 Å². The molecule has 1 amide bonds. The largest absolute Gasteiger partial charge is 0.348 e. The molecule has 1 aliphatic rings. The second-order valence-corrected chi connectivity index (χ2v) is 7.77. The highest BCUT2D eigenvalue weighted by Crippen LogP contribution is 2.17. The number of aryl methyl sites for hydroxylation is 1. The summed E-state index contributed by atoms with van der Waals surface area (Å²) >= 11 is 0. The van der Waals surface area contributed by atoms with E-state index in [-0.39, 0.29) is 28.7 Å². The van der Waals surface area contributed by atoms with E-state index < -0.39 is 15.7 Å². The molecule has 0 unspecified atom stereocenters. The Balaban J connectivity index is 1.98. The van der Waals surface area contributed by atoms with Crippen LogP contribution < -0.4 is 10.9 Å². The van der Waals surface area contributed by atoms with E-state index in [1.165, 1.54) is 10.6 Å². The number of benzene rings is 1. The maximum absolute atomic E-state index is 12.4. The molecule has 3 rings (SSSR count). The monoisotopic (exact) mass is 320 g/mol. The van der Waals surface area contributed by atoms with E-state index in [1.54, 1.807) is 31.3 Å². The van der Waals surface area contributed by atoms with Crippen molar-refractivity contribution in [2.24, 2.45) is 7.05 Å². The van der Waals surface area contributed by atoms with Gasteiger partial charge in [0.25, 0.3) is 11.5 Å². The summed E-state index contributed by atoms with van der Waals surface area (Å²) < 4.78 is 24.4. The first-order chi connectivity index (χ1) is 10.4. The normalized spacial score (nSPS) is 20.1. The number of carbonyl (C=O) groups is 1. The quantitative estimate of drug-likeness (QED) is 0.871. The Labute approximate surface area is 127 Å². The Morgan fingerprint density at radius 1 is 1.32 bits per heavy atom. The van der Waals surface area contributed by atoms with E-state index in [4.69, 9.17) is 0 Å². The van der Waals surface area contributed by atoms with Gasteiger partial charge in [0.15, 0.2) is 9.84 Å². The van der Waals surface area contributed by atoms with E-state index in [1.807, 2.05) is 0 Å². The van der Waals surface area contributed by atoms with Crippen molar-refractivity contribution < 1.29 is 13.2 Å². The highest BCUT2D eigenvalue weighted by Gasteiger charge is 2.29. The lowest BCUT2D eigenvalue weighted by atomic mass is 10.1. The molecule has 6 nitrogen and oxygen atoms in total. The third kappa shape index (κ3) is 2.64. The minimum absolute atomic E-state index is 0.0402. The van der Waals surface area contributed by atoms with Gasteiger partial charge in [0.05, 0.1) is 22.6 Å². The Kier molecular flexibility index (Phi) is 3.52. The van der Waals surface area contributed by atoms with Crippen molar-refractivity contribution in [2.45, 2.75) is 12.5 Å². The zero-order chi connectivity index (χ0) is 15.9. The third-order valence-corrected chi connectivity index (χ3v) is 5.73. The van der Waals surface area contributed by atoms with E-state index in [9.17, 15) is 18.0 Å². The molecule has 1 atom stereocenters. The van der Waals surface area contributed by atoms with Crippen molar-refractivity contribution in [1.29, 1.82) is 0 Å². The van der Waals surface area contributed by atoms with Crippen LogP contribution >= 0.6 is 0 Å². The number of nitrogens with zero attached hydrogens (tertiary/aromatic N) is 1. The summed E-state index contributed by atoms with van der Waals surface area (Å²) in [6.45, 7) is 0. The second kappa shape index (κ2) is 5.24. The highest BCUT2D eigenvalue weighted by molar-refractivity contribution is 7.91. The molecule has 116 valence electrons. The molecule has 22 heavy (non-hydrogen) atoms. The molecular formula is C15H16N2O4S. The number of hydrogen-bond acceptors (Lipinski definition) is 4. The lowest BCUT2D eigenvalue weighted by molar-refractivity contribution is 0.0942. The summed E-state index contributed by atoms with van der Waals surface area (Å²) in [5.74, 6) is -0.354. The van der Waals surface area contributed by atoms with Crippen molar-refractivity contribution >= 4 is 26.6 Å². The average molecular weight is 320 g/mol. The number of amides is 1. The van der Waals surface area contributed by atoms with Gasteiger partial charge in [-0.25, -0.2) is 8.42 Å². The first-order valence-corrected chi connectivity index (χ1v) is 8.79. The lowest BCUT2D eigenvalue weighted by Gasteiger charge is -2.13. The minimum atomic E-state index is -3.06. The van der Waals surface area contributed by atoms with Gasteiger partial charge in [-0.1, -0.05) is 18.2 Å². The molecule has 0 aliphatic carbocycles. The smallest absolute Gasteiger partial charge is 0.252 e. The summed E-state index contributed by atoms with van der Waals surface area (Å²) in [6.07, 6.45) is 0.414. The van der Waals surface area contributed by atoms with E-state index in [2.05, 4.69) is 5.32 Å². The maximum Gasteiger partial charge on any atom is 0.252 e. The van der Waals surface area contributed by atoms with Crippen LogP contribution in [0.5, 0.6) is 0 Å². The molecule has 1 aromatic heterocycles. The number of aromatic nitrogens is 1. The van der Waals surface area contributed by atoms with Gasteiger partial charge in [0.2, 0.25) is 0 Å². The summed E-state index contributed by atoms with van der Waals surface area (Å²) in [5.41, 5.74) is 0.671. The van der Waals surface area contributed by atoms with Gasteiger partial charge in [-0.15, -0.1) is 0 Å². The number of sulfone groups is 1.